The van der Waals surface area contributed by atoms with Gasteiger partial charge in [0.15, 0.2) is 0 Å². The van der Waals surface area contributed by atoms with E-state index in [1.807, 2.05) is 12.1 Å². The highest BCUT2D eigenvalue weighted by molar-refractivity contribution is 6.03. The second-order valence-corrected chi connectivity index (χ2v) is 8.06. The van der Waals surface area contributed by atoms with Crippen molar-refractivity contribution in [3.8, 4) is 6.07 Å². The summed E-state index contributed by atoms with van der Waals surface area (Å²) in [6.07, 6.45) is 6.90. The lowest BCUT2D eigenvalue weighted by atomic mass is 10.0. The lowest BCUT2D eigenvalue weighted by Crippen LogP contribution is -2.27. The summed E-state index contributed by atoms with van der Waals surface area (Å²) in [5.74, 6) is 0.516. The minimum Gasteiger partial charge on any atom is -0.378 e. The number of benzene rings is 1. The smallest absolute Gasteiger partial charge is 0.232 e. The van der Waals surface area contributed by atoms with E-state index in [1.54, 1.807) is 36.8 Å². The highest BCUT2D eigenvalue weighted by Crippen LogP contribution is 2.34. The number of nitriles is 1. The second kappa shape index (κ2) is 8.36. The topological polar surface area (TPSA) is 106 Å². The zero-order chi connectivity index (χ0) is 22.1. The Kier molecular flexibility index (Phi) is 5.25. The van der Waals surface area contributed by atoms with Gasteiger partial charge >= 0.3 is 0 Å². The molecule has 0 spiro atoms. The Morgan fingerprint density at radius 2 is 2.22 bits per heavy atom. The summed E-state index contributed by atoms with van der Waals surface area (Å²) in [6, 6.07) is 11.4. The number of carbonyl (C=O) groups excluding carboxylic acids is 1. The van der Waals surface area contributed by atoms with E-state index in [-0.39, 0.29) is 24.5 Å². The van der Waals surface area contributed by atoms with E-state index in [4.69, 9.17) is 9.72 Å². The number of carbonyl (C=O) groups is 1. The molecule has 160 valence electrons. The summed E-state index contributed by atoms with van der Waals surface area (Å²) < 4.78 is 7.94. The molecule has 4 aromatic rings. The van der Waals surface area contributed by atoms with E-state index in [0.717, 1.165) is 34.8 Å². The molecule has 1 saturated heterocycles. The molecule has 1 N–H and O–H groups in total. The van der Waals surface area contributed by atoms with Crippen LogP contribution in [-0.4, -0.2) is 38.1 Å². The number of anilines is 1. The molecule has 5 rings (SSSR count). The van der Waals surface area contributed by atoms with Crippen molar-refractivity contribution in [3.05, 3.63) is 60.3 Å². The van der Waals surface area contributed by atoms with Crippen molar-refractivity contribution in [1.29, 1.82) is 5.26 Å². The number of fused-ring (bicyclic) bond motifs is 3. The van der Waals surface area contributed by atoms with Crippen LogP contribution in [0.5, 0.6) is 0 Å². The maximum Gasteiger partial charge on any atom is 0.232 e. The van der Waals surface area contributed by atoms with Crippen molar-refractivity contribution in [2.24, 2.45) is 0 Å². The van der Waals surface area contributed by atoms with E-state index >= 15 is 0 Å². The zero-order valence-electron chi connectivity index (χ0n) is 17.7. The Morgan fingerprint density at radius 3 is 3.00 bits per heavy atom. The number of nitrogens with zero attached hydrogens (tertiary/aromatic N) is 5. The number of pyridine rings is 2. The molecule has 2 atom stereocenters. The number of amides is 1. The van der Waals surface area contributed by atoms with Crippen molar-refractivity contribution in [3.63, 3.8) is 0 Å². The molecule has 3 aromatic heterocycles. The van der Waals surface area contributed by atoms with Crippen LogP contribution >= 0.6 is 0 Å². The van der Waals surface area contributed by atoms with Gasteiger partial charge in [0, 0.05) is 24.2 Å². The molecule has 8 nitrogen and oxygen atoms in total. The maximum atomic E-state index is 12.8. The average Bonchev–Trinajstić information content (AvgIpc) is 3.17. The molecule has 0 aliphatic carbocycles. The third-order valence-electron chi connectivity index (χ3n) is 5.80. The molecule has 1 aromatic carbocycles. The monoisotopic (exact) mass is 426 g/mol. The van der Waals surface area contributed by atoms with Gasteiger partial charge in [0.05, 0.1) is 53.3 Å². The van der Waals surface area contributed by atoms with Crippen LogP contribution in [0.2, 0.25) is 0 Å². The average molecular weight is 426 g/mol. The molecule has 0 unspecified atom stereocenters. The molecule has 0 radical (unpaired) electrons. The fourth-order valence-electron chi connectivity index (χ4n) is 4.41. The van der Waals surface area contributed by atoms with Crippen LogP contribution in [0.4, 0.5) is 5.69 Å². The molecular weight excluding hydrogens is 404 g/mol. The third-order valence-corrected chi connectivity index (χ3v) is 5.80. The summed E-state index contributed by atoms with van der Waals surface area (Å²) in [6.45, 7) is 2.72. The van der Waals surface area contributed by atoms with Gasteiger partial charge in [-0.3, -0.25) is 14.8 Å². The van der Waals surface area contributed by atoms with Crippen molar-refractivity contribution in [1.82, 2.24) is 19.5 Å². The van der Waals surface area contributed by atoms with E-state index in [2.05, 4.69) is 32.8 Å². The number of aromatic nitrogens is 4. The van der Waals surface area contributed by atoms with Gasteiger partial charge in [-0.1, -0.05) is 0 Å². The molecule has 1 fully saturated rings. The summed E-state index contributed by atoms with van der Waals surface area (Å²) in [5, 5.41) is 13.2. The molecule has 8 heteroatoms. The lowest BCUT2D eigenvalue weighted by Gasteiger charge is -2.30. The minimum atomic E-state index is -0.162. The first-order valence-corrected chi connectivity index (χ1v) is 10.6. The lowest BCUT2D eigenvalue weighted by molar-refractivity contribution is -0.115. The fraction of sp³-hybridized carbons (Fsp3) is 0.292. The highest BCUT2D eigenvalue weighted by atomic mass is 16.5. The van der Waals surface area contributed by atoms with Crippen LogP contribution in [0.15, 0.2) is 48.9 Å². The number of imidazole rings is 1. The van der Waals surface area contributed by atoms with Crippen LogP contribution in [-0.2, 0) is 16.0 Å². The van der Waals surface area contributed by atoms with Gasteiger partial charge in [-0.15, -0.1) is 0 Å². The number of hydrogen-bond acceptors (Lipinski definition) is 6. The van der Waals surface area contributed by atoms with Crippen molar-refractivity contribution in [2.75, 3.05) is 11.9 Å². The third kappa shape index (κ3) is 3.79. The fourth-order valence-corrected chi connectivity index (χ4v) is 4.41. The molecule has 32 heavy (non-hydrogen) atoms. The van der Waals surface area contributed by atoms with Crippen molar-refractivity contribution < 1.29 is 9.53 Å². The number of hydrogen-bond donors (Lipinski definition) is 1. The first-order valence-electron chi connectivity index (χ1n) is 10.6. The van der Waals surface area contributed by atoms with Crippen LogP contribution in [0, 0.1) is 11.3 Å². The van der Waals surface area contributed by atoms with Gasteiger partial charge in [-0.2, -0.15) is 5.26 Å². The SMILES string of the molecule is C[C@@H]1C[C@H](n2c(CC(=O)Nc3cccnc3)nc3cnc4ccc(C#N)cc4c32)CCO1. The first kappa shape index (κ1) is 20.1. The molecular formula is C24H22N6O2. The van der Waals surface area contributed by atoms with Gasteiger partial charge < -0.3 is 14.6 Å². The van der Waals surface area contributed by atoms with Crippen LogP contribution in [0.25, 0.3) is 21.9 Å². The zero-order valence-corrected chi connectivity index (χ0v) is 17.7. The largest absolute Gasteiger partial charge is 0.378 e. The summed E-state index contributed by atoms with van der Waals surface area (Å²) in [7, 11) is 0. The van der Waals surface area contributed by atoms with Crippen LogP contribution in [0.3, 0.4) is 0 Å². The molecule has 0 bridgehead atoms. The normalized spacial score (nSPS) is 18.5. The molecule has 1 aliphatic heterocycles. The van der Waals surface area contributed by atoms with E-state index < -0.39 is 0 Å². The number of nitrogens with one attached hydrogen (secondary N) is 1. The Bertz CT molecular complexity index is 1340. The molecule has 4 heterocycles. The van der Waals surface area contributed by atoms with Gasteiger partial charge in [-0.05, 0) is 50.1 Å². The van der Waals surface area contributed by atoms with Gasteiger partial charge in [0.1, 0.15) is 11.3 Å². The van der Waals surface area contributed by atoms with E-state index in [9.17, 15) is 10.1 Å². The van der Waals surface area contributed by atoms with Crippen molar-refractivity contribution >= 4 is 33.5 Å². The molecule has 0 saturated carbocycles. The highest BCUT2D eigenvalue weighted by Gasteiger charge is 2.27. The minimum absolute atomic E-state index is 0.117. The summed E-state index contributed by atoms with van der Waals surface area (Å²) in [5.41, 5.74) is 3.64. The van der Waals surface area contributed by atoms with Gasteiger partial charge in [0.25, 0.3) is 0 Å². The predicted octanol–water partition coefficient (Wildman–Crippen LogP) is 3.77. The van der Waals surface area contributed by atoms with Crippen LogP contribution < -0.4 is 5.32 Å². The quantitative estimate of drug-likeness (QED) is 0.532. The number of ether oxygens (including phenoxy) is 1. The van der Waals surface area contributed by atoms with Gasteiger partial charge in [-0.25, -0.2) is 4.98 Å². The van der Waals surface area contributed by atoms with Gasteiger partial charge in [0.2, 0.25) is 5.91 Å². The number of rotatable bonds is 4. The Balaban J connectivity index is 1.63. The molecule has 1 aliphatic rings. The first-order chi connectivity index (χ1) is 15.6. The van der Waals surface area contributed by atoms with Crippen molar-refractivity contribution in [2.45, 2.75) is 38.3 Å². The molecule has 1 amide bonds. The second-order valence-electron chi connectivity index (χ2n) is 8.06. The Labute approximate surface area is 184 Å². The van der Waals surface area contributed by atoms with Crippen LogP contribution in [0.1, 0.15) is 37.2 Å². The standard InChI is InChI=1S/C24H22N6O2/c1-15-9-18(6-8-32-15)30-22(11-23(31)28-17-3-2-7-26-13-17)29-21-14-27-20-5-4-16(12-25)10-19(20)24(21)30/h2-5,7,10,13-15,18H,6,8-9,11H2,1H3,(H,28,31)/t15-,18-/m1/s1. The summed E-state index contributed by atoms with van der Waals surface area (Å²) in [4.78, 5) is 26.2. The van der Waals surface area contributed by atoms with E-state index in [0.29, 0.717) is 23.7 Å². The maximum absolute atomic E-state index is 12.8. The predicted molar refractivity (Wildman–Crippen MR) is 120 cm³/mol. The Hall–Kier alpha value is -3.83. The summed E-state index contributed by atoms with van der Waals surface area (Å²) >= 11 is 0. The van der Waals surface area contributed by atoms with E-state index in [1.165, 1.54) is 0 Å². The Morgan fingerprint density at radius 1 is 1.31 bits per heavy atom.